The number of rotatable bonds is 3. The van der Waals surface area contributed by atoms with Crippen LogP contribution in [0, 0.1) is 16.7 Å². The van der Waals surface area contributed by atoms with E-state index in [1.165, 1.54) is 5.56 Å². The van der Waals surface area contributed by atoms with Gasteiger partial charge in [0.25, 0.3) is 0 Å². The molecule has 1 spiro atoms. The van der Waals surface area contributed by atoms with Gasteiger partial charge in [0.1, 0.15) is 0 Å². The van der Waals surface area contributed by atoms with E-state index < -0.39 is 0 Å². The molecule has 0 bridgehead atoms. The molecule has 0 saturated carbocycles. The van der Waals surface area contributed by atoms with Crippen LogP contribution in [0.15, 0.2) is 36.7 Å². The molecule has 1 aromatic heterocycles. The van der Waals surface area contributed by atoms with Crippen LogP contribution in [0.5, 0.6) is 0 Å². The quantitative estimate of drug-likeness (QED) is 0.859. The average molecular weight is 335 g/mol. The summed E-state index contributed by atoms with van der Waals surface area (Å²) in [4.78, 5) is 16.9. The molecular formula is C19H21N5O. The van der Waals surface area contributed by atoms with E-state index in [2.05, 4.69) is 16.1 Å². The normalized spacial score (nSPS) is 23.5. The number of aromatic nitrogens is 2. The van der Waals surface area contributed by atoms with Gasteiger partial charge in [-0.15, -0.1) is 0 Å². The monoisotopic (exact) mass is 335 g/mol. The number of hydrogen-bond donors (Lipinski definition) is 0. The molecule has 6 nitrogen and oxygen atoms in total. The van der Waals surface area contributed by atoms with E-state index in [0.717, 1.165) is 38.3 Å². The summed E-state index contributed by atoms with van der Waals surface area (Å²) in [6, 6.07) is 9.41. The Morgan fingerprint density at radius 1 is 1.28 bits per heavy atom. The van der Waals surface area contributed by atoms with E-state index in [1.54, 1.807) is 12.1 Å². The third-order valence-corrected chi connectivity index (χ3v) is 5.31. The third kappa shape index (κ3) is 3.03. The van der Waals surface area contributed by atoms with Crippen LogP contribution in [0.2, 0.25) is 0 Å². The van der Waals surface area contributed by atoms with Gasteiger partial charge in [-0.2, -0.15) is 10.4 Å². The minimum absolute atomic E-state index is 0.0488. The predicted molar refractivity (Wildman–Crippen MR) is 93.7 cm³/mol. The van der Waals surface area contributed by atoms with E-state index in [-0.39, 0.29) is 11.3 Å². The van der Waals surface area contributed by atoms with Crippen molar-refractivity contribution in [2.75, 3.05) is 24.5 Å². The lowest BCUT2D eigenvalue weighted by Gasteiger charge is -2.24. The number of carbonyl (C=O) groups is 1. The minimum atomic E-state index is 0.0488. The van der Waals surface area contributed by atoms with Crippen LogP contribution >= 0.6 is 0 Å². The fourth-order valence-corrected chi connectivity index (χ4v) is 4.09. The molecule has 1 amide bonds. The first-order valence-electron chi connectivity index (χ1n) is 8.57. The van der Waals surface area contributed by atoms with Gasteiger partial charge in [0.15, 0.2) is 0 Å². The van der Waals surface area contributed by atoms with Gasteiger partial charge in [0, 0.05) is 56.0 Å². The van der Waals surface area contributed by atoms with E-state index in [9.17, 15) is 4.79 Å². The SMILES string of the molecule is Cn1cc(CN2CCC3(CC(=O)N(c4ccc(C#N)cc4)C3)C2)cn1. The van der Waals surface area contributed by atoms with Crippen LogP contribution in [0.1, 0.15) is 24.0 Å². The largest absolute Gasteiger partial charge is 0.312 e. The maximum Gasteiger partial charge on any atom is 0.227 e. The van der Waals surface area contributed by atoms with E-state index in [4.69, 9.17) is 5.26 Å². The third-order valence-electron chi connectivity index (χ3n) is 5.31. The molecule has 25 heavy (non-hydrogen) atoms. The maximum atomic E-state index is 12.6. The lowest BCUT2D eigenvalue weighted by Crippen LogP contribution is -2.31. The Bertz CT molecular complexity index is 834. The number of amides is 1. The molecule has 0 aliphatic carbocycles. The molecule has 1 atom stereocenters. The first-order valence-corrected chi connectivity index (χ1v) is 8.57. The lowest BCUT2D eigenvalue weighted by atomic mass is 9.86. The second-order valence-electron chi connectivity index (χ2n) is 7.30. The van der Waals surface area contributed by atoms with Gasteiger partial charge in [0.2, 0.25) is 5.91 Å². The summed E-state index contributed by atoms with van der Waals surface area (Å²) in [6.45, 7) is 3.62. The number of nitrogens with zero attached hydrogens (tertiary/aromatic N) is 5. The number of likely N-dealkylation sites (tertiary alicyclic amines) is 1. The van der Waals surface area contributed by atoms with Crippen molar-refractivity contribution in [1.29, 1.82) is 5.26 Å². The molecule has 2 aliphatic rings. The summed E-state index contributed by atoms with van der Waals surface area (Å²) < 4.78 is 1.83. The zero-order valence-electron chi connectivity index (χ0n) is 14.4. The topological polar surface area (TPSA) is 65.2 Å². The van der Waals surface area contributed by atoms with Crippen LogP contribution < -0.4 is 4.90 Å². The van der Waals surface area contributed by atoms with Crippen molar-refractivity contribution in [3.05, 3.63) is 47.8 Å². The Balaban J connectivity index is 1.45. The van der Waals surface area contributed by atoms with E-state index in [0.29, 0.717) is 12.0 Å². The molecule has 0 N–H and O–H groups in total. The van der Waals surface area contributed by atoms with Crippen molar-refractivity contribution in [3.63, 3.8) is 0 Å². The molecule has 3 heterocycles. The second kappa shape index (κ2) is 6.01. The molecule has 2 aromatic rings. The summed E-state index contributed by atoms with van der Waals surface area (Å²) >= 11 is 0. The molecule has 1 aromatic carbocycles. The van der Waals surface area contributed by atoms with Crippen molar-refractivity contribution in [3.8, 4) is 6.07 Å². The molecule has 2 aliphatic heterocycles. The molecule has 2 fully saturated rings. The number of benzene rings is 1. The Labute approximate surface area is 147 Å². The zero-order chi connectivity index (χ0) is 17.4. The summed E-state index contributed by atoms with van der Waals surface area (Å²) in [6.07, 6.45) is 5.62. The number of hydrogen-bond acceptors (Lipinski definition) is 4. The zero-order valence-corrected chi connectivity index (χ0v) is 14.4. The Morgan fingerprint density at radius 3 is 2.76 bits per heavy atom. The van der Waals surface area contributed by atoms with Crippen LogP contribution in [0.3, 0.4) is 0 Å². The lowest BCUT2D eigenvalue weighted by molar-refractivity contribution is -0.117. The van der Waals surface area contributed by atoms with Crippen LogP contribution in [0.4, 0.5) is 5.69 Å². The summed E-state index contributed by atoms with van der Waals surface area (Å²) in [5.41, 5.74) is 2.78. The number of nitriles is 1. The summed E-state index contributed by atoms with van der Waals surface area (Å²) in [7, 11) is 1.93. The van der Waals surface area contributed by atoms with Crippen molar-refractivity contribution in [1.82, 2.24) is 14.7 Å². The fraction of sp³-hybridized carbons (Fsp3) is 0.421. The molecule has 2 saturated heterocycles. The highest BCUT2D eigenvalue weighted by Gasteiger charge is 2.47. The van der Waals surface area contributed by atoms with Crippen molar-refractivity contribution in [2.24, 2.45) is 12.5 Å². The van der Waals surface area contributed by atoms with Crippen molar-refractivity contribution < 1.29 is 4.79 Å². The van der Waals surface area contributed by atoms with Gasteiger partial charge < -0.3 is 4.90 Å². The highest BCUT2D eigenvalue weighted by molar-refractivity contribution is 5.96. The van der Waals surface area contributed by atoms with Gasteiger partial charge in [0.05, 0.1) is 17.8 Å². The minimum Gasteiger partial charge on any atom is -0.312 e. The number of aryl methyl sites for hydroxylation is 1. The van der Waals surface area contributed by atoms with Crippen LogP contribution in [0.25, 0.3) is 0 Å². The smallest absolute Gasteiger partial charge is 0.227 e. The fourth-order valence-electron chi connectivity index (χ4n) is 4.09. The highest BCUT2D eigenvalue weighted by Crippen LogP contribution is 2.42. The highest BCUT2D eigenvalue weighted by atomic mass is 16.2. The first-order chi connectivity index (χ1) is 12.1. The predicted octanol–water partition coefficient (Wildman–Crippen LogP) is 1.92. The number of anilines is 1. The van der Waals surface area contributed by atoms with Gasteiger partial charge in [-0.3, -0.25) is 14.4 Å². The van der Waals surface area contributed by atoms with Crippen LogP contribution in [-0.4, -0.2) is 40.2 Å². The van der Waals surface area contributed by atoms with Crippen molar-refractivity contribution >= 4 is 11.6 Å². The summed E-state index contributed by atoms with van der Waals surface area (Å²) in [5, 5.41) is 13.2. The number of carbonyl (C=O) groups excluding carboxylic acids is 1. The molecule has 128 valence electrons. The molecule has 1 unspecified atom stereocenters. The standard InChI is InChI=1S/C19H21N5O/c1-22-11-16(10-21-22)12-23-7-6-19(13-23)8-18(25)24(14-19)17-4-2-15(9-20)3-5-17/h2-5,10-11H,6-8,12-14H2,1H3. The Kier molecular flexibility index (Phi) is 3.81. The van der Waals surface area contributed by atoms with Gasteiger partial charge in [-0.05, 0) is 37.2 Å². The molecular weight excluding hydrogens is 314 g/mol. The van der Waals surface area contributed by atoms with Crippen LogP contribution in [-0.2, 0) is 18.4 Å². The Morgan fingerprint density at radius 2 is 2.08 bits per heavy atom. The second-order valence-corrected chi connectivity index (χ2v) is 7.30. The first kappa shape index (κ1) is 15.9. The molecule has 6 heteroatoms. The average Bonchev–Trinajstić information content (AvgIpc) is 3.28. The van der Waals surface area contributed by atoms with E-state index in [1.807, 2.05) is 41.2 Å². The maximum absolute atomic E-state index is 12.6. The van der Waals surface area contributed by atoms with E-state index >= 15 is 0 Å². The van der Waals surface area contributed by atoms with Gasteiger partial charge in [-0.25, -0.2) is 0 Å². The molecule has 4 rings (SSSR count). The Hall–Kier alpha value is -2.65. The molecule has 0 radical (unpaired) electrons. The van der Waals surface area contributed by atoms with Gasteiger partial charge >= 0.3 is 0 Å². The van der Waals surface area contributed by atoms with Crippen molar-refractivity contribution in [2.45, 2.75) is 19.4 Å². The summed E-state index contributed by atoms with van der Waals surface area (Å²) in [5.74, 6) is 0.188. The van der Waals surface area contributed by atoms with Gasteiger partial charge in [-0.1, -0.05) is 0 Å².